The van der Waals surface area contributed by atoms with Gasteiger partial charge in [0.2, 0.25) is 11.9 Å². The molecule has 6 heteroatoms. The topological polar surface area (TPSA) is 99.9 Å². The Morgan fingerprint density at radius 1 is 1.12 bits per heavy atom. The van der Waals surface area contributed by atoms with E-state index < -0.39 is 0 Å². The minimum atomic E-state index is 0.106. The highest BCUT2D eigenvalue weighted by Crippen LogP contribution is 2.21. The number of nitrogens with zero attached hydrogens (tertiary/aromatic N) is 3. The Morgan fingerprint density at radius 2 is 1.82 bits per heavy atom. The Bertz CT molecular complexity index is 509. The van der Waals surface area contributed by atoms with E-state index in [4.69, 9.17) is 16.2 Å². The van der Waals surface area contributed by atoms with Gasteiger partial charge in [-0.3, -0.25) is 0 Å². The third-order valence-electron chi connectivity index (χ3n) is 2.07. The third-order valence-corrected chi connectivity index (χ3v) is 2.07. The van der Waals surface area contributed by atoms with Crippen molar-refractivity contribution >= 4 is 11.9 Å². The number of hydrogen-bond donors (Lipinski definition) is 2. The van der Waals surface area contributed by atoms with Crippen LogP contribution < -0.4 is 16.2 Å². The Morgan fingerprint density at radius 3 is 2.47 bits per heavy atom. The van der Waals surface area contributed by atoms with Crippen molar-refractivity contribution in [1.29, 1.82) is 0 Å². The highest BCUT2D eigenvalue weighted by atomic mass is 16.5. The maximum atomic E-state index is 5.52. The second-order valence-electron chi connectivity index (χ2n) is 3.34. The second-order valence-corrected chi connectivity index (χ2v) is 3.34. The number of rotatable bonds is 3. The van der Waals surface area contributed by atoms with Gasteiger partial charge in [-0.25, -0.2) is 0 Å². The van der Waals surface area contributed by atoms with Gasteiger partial charge in [-0.15, -0.1) is 0 Å². The molecule has 1 aromatic carbocycles. The van der Waals surface area contributed by atoms with Crippen LogP contribution >= 0.6 is 0 Å². The molecule has 0 unspecified atom stereocenters. The van der Waals surface area contributed by atoms with E-state index in [2.05, 4.69) is 15.0 Å². The third kappa shape index (κ3) is 2.60. The van der Waals surface area contributed by atoms with E-state index >= 15 is 0 Å². The number of hydrogen-bond acceptors (Lipinski definition) is 6. The van der Waals surface area contributed by atoms with Gasteiger partial charge in [-0.1, -0.05) is 12.1 Å². The van der Waals surface area contributed by atoms with Gasteiger partial charge in [-0.2, -0.15) is 15.0 Å². The van der Waals surface area contributed by atoms with Crippen molar-refractivity contribution in [1.82, 2.24) is 15.0 Å². The predicted molar refractivity (Wildman–Crippen MR) is 65.3 cm³/mol. The van der Waals surface area contributed by atoms with Gasteiger partial charge >= 0.3 is 0 Å². The second kappa shape index (κ2) is 4.65. The molecule has 0 atom stereocenters. The lowest BCUT2D eigenvalue weighted by atomic mass is 10.2. The Labute approximate surface area is 98.7 Å². The molecular formula is C11H13N5O. The number of ether oxygens (including phenoxy) is 1. The molecule has 0 amide bonds. The molecule has 1 heterocycles. The molecule has 1 aromatic heterocycles. The van der Waals surface area contributed by atoms with Crippen LogP contribution in [0.4, 0.5) is 11.9 Å². The van der Waals surface area contributed by atoms with E-state index in [0.29, 0.717) is 12.4 Å². The van der Waals surface area contributed by atoms with E-state index in [9.17, 15) is 0 Å². The van der Waals surface area contributed by atoms with Crippen molar-refractivity contribution in [3.63, 3.8) is 0 Å². The molecule has 0 saturated carbocycles. The minimum absolute atomic E-state index is 0.106. The van der Waals surface area contributed by atoms with Crippen LogP contribution in [0.15, 0.2) is 24.3 Å². The number of anilines is 2. The smallest absolute Gasteiger partial charge is 0.225 e. The number of nitrogen functional groups attached to an aromatic ring is 2. The van der Waals surface area contributed by atoms with Crippen LogP contribution in [0.5, 0.6) is 5.75 Å². The molecule has 0 aliphatic heterocycles. The molecule has 0 spiro atoms. The van der Waals surface area contributed by atoms with Gasteiger partial charge in [0.1, 0.15) is 5.75 Å². The number of benzene rings is 1. The van der Waals surface area contributed by atoms with Crippen LogP contribution in [-0.2, 0) is 0 Å². The Hall–Kier alpha value is -2.37. The Balaban J connectivity index is 2.41. The average molecular weight is 231 g/mol. The van der Waals surface area contributed by atoms with Crippen molar-refractivity contribution in [3.8, 4) is 17.1 Å². The molecule has 2 rings (SSSR count). The van der Waals surface area contributed by atoms with Crippen molar-refractivity contribution in [2.75, 3.05) is 18.1 Å². The number of aromatic nitrogens is 3. The summed E-state index contributed by atoms with van der Waals surface area (Å²) in [5, 5.41) is 0. The lowest BCUT2D eigenvalue weighted by Gasteiger charge is -2.05. The zero-order valence-corrected chi connectivity index (χ0v) is 9.42. The molecule has 0 radical (unpaired) electrons. The summed E-state index contributed by atoms with van der Waals surface area (Å²) >= 11 is 0. The first-order valence-electron chi connectivity index (χ1n) is 5.19. The molecule has 2 aromatic rings. The van der Waals surface area contributed by atoms with Gasteiger partial charge in [0.15, 0.2) is 5.82 Å². The molecule has 17 heavy (non-hydrogen) atoms. The van der Waals surface area contributed by atoms with Gasteiger partial charge in [0, 0.05) is 5.56 Å². The fourth-order valence-corrected chi connectivity index (χ4v) is 1.43. The van der Waals surface area contributed by atoms with Crippen molar-refractivity contribution < 1.29 is 4.74 Å². The summed E-state index contributed by atoms with van der Waals surface area (Å²) in [5.74, 6) is 1.41. The fraction of sp³-hybridized carbons (Fsp3) is 0.182. The van der Waals surface area contributed by atoms with E-state index in [-0.39, 0.29) is 11.9 Å². The largest absolute Gasteiger partial charge is 0.494 e. The van der Waals surface area contributed by atoms with Gasteiger partial charge in [0.05, 0.1) is 6.61 Å². The van der Waals surface area contributed by atoms with Crippen molar-refractivity contribution in [2.24, 2.45) is 0 Å². The molecule has 4 N–H and O–H groups in total. The van der Waals surface area contributed by atoms with E-state index in [1.165, 1.54) is 0 Å². The van der Waals surface area contributed by atoms with Crippen molar-refractivity contribution in [2.45, 2.75) is 6.92 Å². The molecule has 0 fully saturated rings. The SMILES string of the molecule is CCOc1cccc(-c2nc(N)nc(N)n2)c1. The average Bonchev–Trinajstić information content (AvgIpc) is 2.28. The van der Waals surface area contributed by atoms with Crippen LogP contribution in [0.25, 0.3) is 11.4 Å². The van der Waals surface area contributed by atoms with Crippen LogP contribution in [0.2, 0.25) is 0 Å². The van der Waals surface area contributed by atoms with E-state index in [1.54, 1.807) is 0 Å². The van der Waals surface area contributed by atoms with Crippen molar-refractivity contribution in [3.05, 3.63) is 24.3 Å². The standard InChI is InChI=1S/C11H13N5O/c1-2-17-8-5-3-4-7(6-8)9-14-10(12)16-11(13)15-9/h3-6H,2H2,1H3,(H4,12,13,14,15,16). The normalized spacial score (nSPS) is 10.2. The zero-order valence-electron chi connectivity index (χ0n) is 9.42. The fourth-order valence-electron chi connectivity index (χ4n) is 1.43. The highest BCUT2D eigenvalue weighted by Gasteiger charge is 2.05. The first kappa shape index (κ1) is 11.1. The zero-order chi connectivity index (χ0) is 12.3. The monoisotopic (exact) mass is 231 g/mol. The maximum absolute atomic E-state index is 5.52. The van der Waals surface area contributed by atoms with Crippen LogP contribution in [0.1, 0.15) is 6.92 Å². The summed E-state index contributed by atoms with van der Waals surface area (Å²) in [4.78, 5) is 11.8. The number of nitrogens with two attached hydrogens (primary N) is 2. The van der Waals surface area contributed by atoms with Gasteiger partial charge < -0.3 is 16.2 Å². The summed E-state index contributed by atoms with van der Waals surface area (Å²) in [6.07, 6.45) is 0. The molecule has 0 bridgehead atoms. The summed E-state index contributed by atoms with van der Waals surface area (Å²) in [5.41, 5.74) is 11.8. The summed E-state index contributed by atoms with van der Waals surface area (Å²) in [7, 11) is 0. The van der Waals surface area contributed by atoms with Crippen LogP contribution in [0.3, 0.4) is 0 Å². The molecule has 6 nitrogen and oxygen atoms in total. The first-order chi connectivity index (χ1) is 8.19. The van der Waals surface area contributed by atoms with E-state index in [1.807, 2.05) is 31.2 Å². The predicted octanol–water partition coefficient (Wildman–Crippen LogP) is 1.10. The van der Waals surface area contributed by atoms with Gasteiger partial charge in [0.25, 0.3) is 0 Å². The molecular weight excluding hydrogens is 218 g/mol. The summed E-state index contributed by atoms with van der Waals surface area (Å²) in [6, 6.07) is 7.41. The lowest BCUT2D eigenvalue weighted by molar-refractivity contribution is 0.340. The summed E-state index contributed by atoms with van der Waals surface area (Å²) < 4.78 is 5.39. The molecule has 88 valence electrons. The Kier molecular flexibility index (Phi) is 3.04. The first-order valence-corrected chi connectivity index (χ1v) is 5.19. The summed E-state index contributed by atoms with van der Waals surface area (Å²) in [6.45, 7) is 2.52. The van der Waals surface area contributed by atoms with Gasteiger partial charge in [-0.05, 0) is 19.1 Å². The lowest BCUT2D eigenvalue weighted by Crippen LogP contribution is -2.04. The van der Waals surface area contributed by atoms with Crippen LogP contribution in [0, 0.1) is 0 Å². The maximum Gasteiger partial charge on any atom is 0.225 e. The highest BCUT2D eigenvalue weighted by molar-refractivity contribution is 5.59. The quantitative estimate of drug-likeness (QED) is 0.820. The van der Waals surface area contributed by atoms with Crippen LogP contribution in [-0.4, -0.2) is 21.6 Å². The molecule has 0 aliphatic carbocycles. The molecule has 0 aliphatic rings. The van der Waals surface area contributed by atoms with E-state index in [0.717, 1.165) is 11.3 Å². The minimum Gasteiger partial charge on any atom is -0.494 e. The molecule has 0 saturated heterocycles.